The van der Waals surface area contributed by atoms with E-state index >= 15 is 0 Å². The molecule has 78 valence electrons. The Balaban J connectivity index is 2.66. The van der Waals surface area contributed by atoms with E-state index in [0.29, 0.717) is 6.54 Å². The van der Waals surface area contributed by atoms with Crippen molar-refractivity contribution >= 4 is 37.5 Å². The predicted octanol–water partition coefficient (Wildman–Crippen LogP) is 1.98. The number of nitrogens with one attached hydrogen (secondary N) is 1. The molecule has 0 amide bonds. The second kappa shape index (κ2) is 5.70. The Morgan fingerprint density at radius 2 is 1.86 bits per heavy atom. The Morgan fingerprint density at radius 1 is 1.29 bits per heavy atom. The highest BCUT2D eigenvalue weighted by Crippen LogP contribution is 2.30. The number of hydrogen-bond acceptors (Lipinski definition) is 3. The summed E-state index contributed by atoms with van der Waals surface area (Å²) in [5.41, 5.74) is 0.875. The zero-order valence-corrected chi connectivity index (χ0v) is 10.5. The van der Waals surface area contributed by atoms with E-state index in [9.17, 15) is 0 Å². The molecule has 0 radical (unpaired) electrons. The first kappa shape index (κ1) is 12.0. The molecule has 0 saturated carbocycles. The van der Waals surface area contributed by atoms with Crippen LogP contribution in [0.2, 0.25) is 0 Å². The lowest BCUT2D eigenvalue weighted by Gasteiger charge is -2.13. The van der Waals surface area contributed by atoms with Crippen LogP contribution in [0.3, 0.4) is 0 Å². The number of anilines is 1. The SMILES string of the molecule is OCC(O)CNc1c(Br)cccc1Br. The molecule has 1 aromatic rings. The van der Waals surface area contributed by atoms with Gasteiger partial charge in [-0.3, -0.25) is 0 Å². The van der Waals surface area contributed by atoms with E-state index in [1.165, 1.54) is 0 Å². The highest BCUT2D eigenvalue weighted by Gasteiger charge is 2.06. The summed E-state index contributed by atoms with van der Waals surface area (Å²) < 4.78 is 1.83. The van der Waals surface area contributed by atoms with Crippen LogP contribution < -0.4 is 5.32 Å². The first-order valence-corrected chi connectivity index (χ1v) is 5.70. The van der Waals surface area contributed by atoms with Gasteiger partial charge in [0.05, 0.1) is 18.4 Å². The van der Waals surface area contributed by atoms with Crippen LogP contribution in [0, 0.1) is 0 Å². The number of rotatable bonds is 4. The summed E-state index contributed by atoms with van der Waals surface area (Å²) in [6.45, 7) is 0.0762. The number of halogens is 2. The summed E-state index contributed by atoms with van der Waals surface area (Å²) >= 11 is 6.76. The van der Waals surface area contributed by atoms with E-state index in [1.54, 1.807) is 0 Å². The number of hydrogen-bond donors (Lipinski definition) is 3. The minimum Gasteiger partial charge on any atom is -0.394 e. The topological polar surface area (TPSA) is 52.5 Å². The van der Waals surface area contributed by atoms with Gasteiger partial charge < -0.3 is 15.5 Å². The largest absolute Gasteiger partial charge is 0.394 e. The van der Waals surface area contributed by atoms with Gasteiger partial charge in [-0.1, -0.05) is 6.07 Å². The summed E-state index contributed by atoms with van der Waals surface area (Å²) in [5.74, 6) is 0. The molecule has 14 heavy (non-hydrogen) atoms. The van der Waals surface area contributed by atoms with Crippen LogP contribution in [0.5, 0.6) is 0 Å². The average Bonchev–Trinajstić information content (AvgIpc) is 2.16. The highest BCUT2D eigenvalue weighted by atomic mass is 79.9. The van der Waals surface area contributed by atoms with E-state index in [4.69, 9.17) is 10.2 Å². The van der Waals surface area contributed by atoms with Gasteiger partial charge in [0, 0.05) is 15.5 Å². The average molecular weight is 325 g/mol. The summed E-state index contributed by atoms with van der Waals surface area (Å²) in [4.78, 5) is 0. The smallest absolute Gasteiger partial charge is 0.0942 e. The summed E-state index contributed by atoms with van der Waals surface area (Å²) in [5, 5.41) is 20.8. The molecular weight excluding hydrogens is 314 g/mol. The van der Waals surface area contributed by atoms with Crippen molar-refractivity contribution in [2.24, 2.45) is 0 Å². The molecular formula is C9H11Br2NO2. The Hall–Kier alpha value is -0.100. The third-order valence-corrected chi connectivity index (χ3v) is 3.01. The van der Waals surface area contributed by atoms with Crippen molar-refractivity contribution in [1.29, 1.82) is 0 Å². The number of para-hydroxylation sites is 1. The van der Waals surface area contributed by atoms with Crippen LogP contribution in [-0.4, -0.2) is 29.5 Å². The maximum atomic E-state index is 9.16. The van der Waals surface area contributed by atoms with Crippen molar-refractivity contribution in [2.75, 3.05) is 18.5 Å². The van der Waals surface area contributed by atoms with Crippen LogP contribution in [0.25, 0.3) is 0 Å². The lowest BCUT2D eigenvalue weighted by atomic mass is 10.3. The molecule has 3 nitrogen and oxygen atoms in total. The van der Waals surface area contributed by atoms with Crippen LogP contribution >= 0.6 is 31.9 Å². The van der Waals surface area contributed by atoms with E-state index in [0.717, 1.165) is 14.6 Å². The van der Waals surface area contributed by atoms with Crippen LogP contribution in [0.1, 0.15) is 0 Å². The molecule has 0 spiro atoms. The molecule has 0 aliphatic rings. The lowest BCUT2D eigenvalue weighted by molar-refractivity contribution is 0.105. The van der Waals surface area contributed by atoms with Gasteiger partial charge in [-0.05, 0) is 44.0 Å². The predicted molar refractivity (Wildman–Crippen MR) is 63.4 cm³/mol. The molecule has 1 rings (SSSR count). The molecule has 0 fully saturated rings. The van der Waals surface area contributed by atoms with Crippen molar-refractivity contribution in [3.63, 3.8) is 0 Å². The Labute approximate surface area is 99.4 Å². The zero-order chi connectivity index (χ0) is 10.6. The Kier molecular flexibility index (Phi) is 4.88. The molecule has 3 N–H and O–H groups in total. The van der Waals surface area contributed by atoms with Crippen molar-refractivity contribution in [3.8, 4) is 0 Å². The van der Waals surface area contributed by atoms with Crippen molar-refractivity contribution in [3.05, 3.63) is 27.1 Å². The van der Waals surface area contributed by atoms with E-state index in [1.807, 2.05) is 18.2 Å². The van der Waals surface area contributed by atoms with Gasteiger partial charge in [0.15, 0.2) is 0 Å². The maximum absolute atomic E-state index is 9.16. The minimum atomic E-state index is -0.742. The fraction of sp³-hybridized carbons (Fsp3) is 0.333. The molecule has 0 aliphatic carbocycles. The summed E-state index contributed by atoms with van der Waals surface area (Å²) in [6, 6.07) is 5.71. The van der Waals surface area contributed by atoms with Crippen LogP contribution in [-0.2, 0) is 0 Å². The first-order valence-electron chi connectivity index (χ1n) is 4.12. The van der Waals surface area contributed by atoms with Crippen molar-refractivity contribution in [1.82, 2.24) is 0 Å². The van der Waals surface area contributed by atoms with E-state index in [2.05, 4.69) is 37.2 Å². The molecule has 5 heteroatoms. The molecule has 1 unspecified atom stereocenters. The van der Waals surface area contributed by atoms with Gasteiger partial charge in [0.1, 0.15) is 0 Å². The third-order valence-electron chi connectivity index (χ3n) is 1.69. The fourth-order valence-electron chi connectivity index (χ4n) is 0.951. The monoisotopic (exact) mass is 323 g/mol. The second-order valence-corrected chi connectivity index (χ2v) is 4.52. The Morgan fingerprint density at radius 3 is 2.36 bits per heavy atom. The van der Waals surface area contributed by atoms with Crippen LogP contribution in [0.4, 0.5) is 5.69 Å². The zero-order valence-electron chi connectivity index (χ0n) is 7.37. The standard InChI is InChI=1S/C9H11Br2NO2/c10-7-2-1-3-8(11)9(7)12-4-6(14)5-13/h1-3,6,12-14H,4-5H2. The summed E-state index contributed by atoms with van der Waals surface area (Å²) in [6.07, 6.45) is -0.742. The number of benzene rings is 1. The van der Waals surface area contributed by atoms with E-state index < -0.39 is 6.10 Å². The fourth-order valence-corrected chi connectivity index (χ4v) is 2.23. The van der Waals surface area contributed by atoms with Gasteiger partial charge >= 0.3 is 0 Å². The quantitative estimate of drug-likeness (QED) is 0.793. The molecule has 0 bridgehead atoms. The first-order chi connectivity index (χ1) is 6.65. The maximum Gasteiger partial charge on any atom is 0.0942 e. The molecule has 1 aromatic carbocycles. The van der Waals surface area contributed by atoms with Gasteiger partial charge in [0.2, 0.25) is 0 Å². The second-order valence-electron chi connectivity index (χ2n) is 2.81. The van der Waals surface area contributed by atoms with Gasteiger partial charge in [-0.15, -0.1) is 0 Å². The number of aliphatic hydroxyl groups is 2. The van der Waals surface area contributed by atoms with Crippen molar-refractivity contribution in [2.45, 2.75) is 6.10 Å². The van der Waals surface area contributed by atoms with Gasteiger partial charge in [-0.25, -0.2) is 0 Å². The highest BCUT2D eigenvalue weighted by molar-refractivity contribution is 9.11. The molecule has 1 atom stereocenters. The van der Waals surface area contributed by atoms with Gasteiger partial charge in [0.25, 0.3) is 0 Å². The number of aliphatic hydroxyl groups excluding tert-OH is 2. The lowest BCUT2D eigenvalue weighted by Crippen LogP contribution is -2.23. The molecule has 0 saturated heterocycles. The normalized spacial score (nSPS) is 12.6. The minimum absolute atomic E-state index is 0.241. The van der Waals surface area contributed by atoms with Gasteiger partial charge in [-0.2, -0.15) is 0 Å². The molecule has 0 aromatic heterocycles. The summed E-state index contributed by atoms with van der Waals surface area (Å²) in [7, 11) is 0. The van der Waals surface area contributed by atoms with Crippen LogP contribution in [0.15, 0.2) is 27.1 Å². The third kappa shape index (κ3) is 3.24. The van der Waals surface area contributed by atoms with E-state index in [-0.39, 0.29) is 6.61 Å². The van der Waals surface area contributed by atoms with Crippen molar-refractivity contribution < 1.29 is 10.2 Å². The molecule has 0 heterocycles. The Bertz CT molecular complexity index is 287. The molecule has 0 aliphatic heterocycles.